The number of aromatic nitrogens is 1. The van der Waals surface area contributed by atoms with E-state index in [1.54, 1.807) is 9.80 Å². The zero-order chi connectivity index (χ0) is 23.9. The fourth-order valence-electron chi connectivity index (χ4n) is 4.01. The molecule has 3 aromatic carbocycles. The zero-order valence-electron chi connectivity index (χ0n) is 18.8. The lowest BCUT2D eigenvalue weighted by Gasteiger charge is -2.28. The number of para-hydroxylation sites is 2. The number of amides is 2. The van der Waals surface area contributed by atoms with Gasteiger partial charge in [0.1, 0.15) is 6.54 Å². The minimum absolute atomic E-state index is 0.0356. The van der Waals surface area contributed by atoms with Gasteiger partial charge >= 0.3 is 0 Å². The Balaban J connectivity index is 1.57. The number of carbonyl (C=O) groups is 2. The molecule has 3 N–H and O–H groups in total. The number of aromatic amines is 1. The Morgan fingerprint density at radius 3 is 2.26 bits per heavy atom. The van der Waals surface area contributed by atoms with Gasteiger partial charge in [0, 0.05) is 52.5 Å². The van der Waals surface area contributed by atoms with Gasteiger partial charge in [0.15, 0.2) is 0 Å². The van der Waals surface area contributed by atoms with Gasteiger partial charge in [-0.15, -0.1) is 0 Å². The minimum atomic E-state index is -0.183. The number of halogens is 1. The third kappa shape index (κ3) is 5.55. The molecule has 6 nitrogen and oxygen atoms in total. The van der Waals surface area contributed by atoms with Gasteiger partial charge in [0.05, 0.1) is 0 Å². The molecule has 1 aromatic heterocycles. The highest BCUT2D eigenvalue weighted by atomic mass is 79.9. The highest BCUT2D eigenvalue weighted by Gasteiger charge is 2.23. The first kappa shape index (κ1) is 23.7. The molecule has 0 fully saturated rings. The number of nitrogens with one attached hydrogen (secondary N) is 1. The lowest BCUT2D eigenvalue weighted by molar-refractivity contribution is -0.134. The number of fused-ring (bicyclic) bond motifs is 1. The summed E-state index contributed by atoms with van der Waals surface area (Å²) in [6, 6.07) is 25.1. The Kier molecular flexibility index (Phi) is 7.77. The van der Waals surface area contributed by atoms with Gasteiger partial charge in [-0.1, -0.05) is 52.3 Å². The molecule has 0 aliphatic heterocycles. The Labute approximate surface area is 207 Å². The number of nitrogens with zero attached hydrogens (tertiary/aromatic N) is 2. The maximum Gasteiger partial charge on any atom is 0.251 e. The molecule has 4 aromatic rings. The molecular formula is C27H27BrN4O2. The highest BCUT2D eigenvalue weighted by Crippen LogP contribution is 2.27. The number of carbonyl (C=O) groups excluding carboxylic acids is 2. The Bertz CT molecular complexity index is 1250. The van der Waals surface area contributed by atoms with E-state index in [0.717, 1.165) is 32.3 Å². The van der Waals surface area contributed by atoms with Gasteiger partial charge in [0.2, 0.25) is 5.91 Å². The number of benzene rings is 3. The van der Waals surface area contributed by atoms with Crippen LogP contribution in [0.4, 0.5) is 11.4 Å². The van der Waals surface area contributed by atoms with E-state index in [0.29, 0.717) is 13.0 Å². The third-order valence-corrected chi connectivity index (χ3v) is 6.24. The number of nitrogens with two attached hydrogens (primary N) is 1. The van der Waals surface area contributed by atoms with Crippen molar-refractivity contribution in [1.82, 2.24) is 9.88 Å². The van der Waals surface area contributed by atoms with Crippen molar-refractivity contribution in [3.05, 3.63) is 95.1 Å². The summed E-state index contributed by atoms with van der Waals surface area (Å²) < 4.78 is 0.926. The van der Waals surface area contributed by atoms with E-state index in [4.69, 9.17) is 5.73 Å². The molecule has 4 rings (SSSR count). The van der Waals surface area contributed by atoms with Gasteiger partial charge < -0.3 is 15.6 Å². The second kappa shape index (κ2) is 11.1. The van der Waals surface area contributed by atoms with Gasteiger partial charge in [-0.3, -0.25) is 14.5 Å². The predicted octanol–water partition coefficient (Wildman–Crippen LogP) is 5.02. The fourth-order valence-corrected chi connectivity index (χ4v) is 4.27. The van der Waals surface area contributed by atoms with Crippen LogP contribution >= 0.6 is 15.9 Å². The van der Waals surface area contributed by atoms with Crippen molar-refractivity contribution in [2.24, 2.45) is 5.73 Å². The number of hydrogen-bond donors (Lipinski definition) is 2. The fraction of sp³-hybridized carbons (Fsp3) is 0.185. The number of hydrogen-bond acceptors (Lipinski definition) is 3. The smallest absolute Gasteiger partial charge is 0.251 e. The molecule has 1 heterocycles. The topological polar surface area (TPSA) is 82.4 Å². The van der Waals surface area contributed by atoms with Crippen molar-refractivity contribution in [1.29, 1.82) is 0 Å². The molecule has 174 valence electrons. The van der Waals surface area contributed by atoms with E-state index in [9.17, 15) is 9.59 Å². The van der Waals surface area contributed by atoms with E-state index in [1.165, 1.54) is 0 Å². The SMILES string of the molecule is NCCC(=O)N(CCc1c[nH]c2ccccc12)CC(=O)N(c1ccccc1)c1ccc(Br)cc1. The monoisotopic (exact) mass is 518 g/mol. The van der Waals surface area contributed by atoms with Crippen molar-refractivity contribution < 1.29 is 9.59 Å². The summed E-state index contributed by atoms with van der Waals surface area (Å²) in [7, 11) is 0. The number of anilines is 2. The quantitative estimate of drug-likeness (QED) is 0.326. The first-order valence-electron chi connectivity index (χ1n) is 11.2. The van der Waals surface area contributed by atoms with Gasteiger partial charge in [0.25, 0.3) is 5.91 Å². The standard InChI is InChI=1S/C27H27BrN4O2/c28-21-10-12-23(13-11-21)32(22-6-2-1-3-7-22)27(34)19-31(26(33)14-16-29)17-15-20-18-30-25-9-5-4-8-24(20)25/h1-13,18,30H,14-17,19,29H2. The predicted molar refractivity (Wildman–Crippen MR) is 140 cm³/mol. The van der Waals surface area contributed by atoms with E-state index in [2.05, 4.69) is 27.0 Å². The molecule has 34 heavy (non-hydrogen) atoms. The van der Waals surface area contributed by atoms with Crippen LogP contribution in [0.25, 0.3) is 10.9 Å². The van der Waals surface area contributed by atoms with Crippen LogP contribution in [0, 0.1) is 0 Å². The zero-order valence-corrected chi connectivity index (χ0v) is 20.4. The highest BCUT2D eigenvalue weighted by molar-refractivity contribution is 9.10. The summed E-state index contributed by atoms with van der Waals surface area (Å²) in [5.74, 6) is -0.308. The van der Waals surface area contributed by atoms with E-state index in [-0.39, 0.29) is 31.3 Å². The molecule has 0 aliphatic rings. The molecule has 0 saturated heterocycles. The van der Waals surface area contributed by atoms with E-state index in [1.807, 2.05) is 79.0 Å². The van der Waals surface area contributed by atoms with Gasteiger partial charge in [-0.2, -0.15) is 0 Å². The van der Waals surface area contributed by atoms with Crippen LogP contribution in [0.5, 0.6) is 0 Å². The average molecular weight is 519 g/mol. The van der Waals surface area contributed by atoms with Crippen molar-refractivity contribution in [3.8, 4) is 0 Å². The largest absolute Gasteiger partial charge is 0.361 e. The van der Waals surface area contributed by atoms with Crippen LogP contribution in [0.1, 0.15) is 12.0 Å². The van der Waals surface area contributed by atoms with Crippen LogP contribution in [0.2, 0.25) is 0 Å². The van der Waals surface area contributed by atoms with E-state index >= 15 is 0 Å². The average Bonchev–Trinajstić information content (AvgIpc) is 3.27. The molecular weight excluding hydrogens is 492 g/mol. The summed E-state index contributed by atoms with van der Waals surface area (Å²) in [5, 5.41) is 1.13. The Hall–Kier alpha value is -3.42. The third-order valence-electron chi connectivity index (χ3n) is 5.71. The van der Waals surface area contributed by atoms with E-state index < -0.39 is 0 Å². The molecule has 0 bridgehead atoms. The summed E-state index contributed by atoms with van der Waals surface area (Å²) in [4.78, 5) is 33.0. The van der Waals surface area contributed by atoms with Crippen LogP contribution in [-0.2, 0) is 16.0 Å². The maximum atomic E-state index is 13.6. The lowest BCUT2D eigenvalue weighted by Crippen LogP contribution is -2.42. The molecule has 0 atom stereocenters. The molecule has 0 saturated carbocycles. The number of rotatable bonds is 9. The van der Waals surface area contributed by atoms with Crippen molar-refractivity contribution in [2.45, 2.75) is 12.8 Å². The molecule has 7 heteroatoms. The summed E-state index contributed by atoms with van der Waals surface area (Å²) in [6.45, 7) is 0.632. The van der Waals surface area contributed by atoms with Crippen molar-refractivity contribution in [2.75, 3.05) is 24.5 Å². The number of H-pyrrole nitrogens is 1. The summed E-state index contributed by atoms with van der Waals surface area (Å²) in [6.07, 6.45) is 2.80. The molecule has 2 amide bonds. The molecule has 0 unspecified atom stereocenters. The second-order valence-electron chi connectivity index (χ2n) is 8.00. The molecule has 0 radical (unpaired) electrons. The normalized spacial score (nSPS) is 10.9. The van der Waals surface area contributed by atoms with Crippen LogP contribution in [0.15, 0.2) is 89.5 Å². The maximum absolute atomic E-state index is 13.6. The molecule has 0 spiro atoms. The van der Waals surface area contributed by atoms with Gasteiger partial charge in [-0.25, -0.2) is 0 Å². The van der Waals surface area contributed by atoms with Crippen LogP contribution < -0.4 is 10.6 Å². The first-order chi connectivity index (χ1) is 16.6. The van der Waals surface area contributed by atoms with Gasteiger partial charge in [-0.05, 0) is 54.4 Å². The molecule has 0 aliphatic carbocycles. The van der Waals surface area contributed by atoms with Crippen LogP contribution in [0.3, 0.4) is 0 Å². The Morgan fingerprint density at radius 1 is 0.853 bits per heavy atom. The second-order valence-corrected chi connectivity index (χ2v) is 8.92. The van der Waals surface area contributed by atoms with Crippen LogP contribution in [-0.4, -0.2) is 41.3 Å². The van der Waals surface area contributed by atoms with Crippen molar-refractivity contribution >= 4 is 50.0 Å². The van der Waals surface area contributed by atoms with Crippen molar-refractivity contribution in [3.63, 3.8) is 0 Å². The lowest BCUT2D eigenvalue weighted by atomic mass is 10.1. The summed E-state index contributed by atoms with van der Waals surface area (Å²) in [5.41, 5.74) is 9.32. The first-order valence-corrected chi connectivity index (χ1v) is 12.0. The Morgan fingerprint density at radius 2 is 1.53 bits per heavy atom. The minimum Gasteiger partial charge on any atom is -0.361 e. The summed E-state index contributed by atoms with van der Waals surface area (Å²) >= 11 is 3.45.